The minimum atomic E-state index is -0.0158. The standard InChI is InChI=1S/C22H26N2O3S/c1-17-7-11-21(28-17)20(26)10-8-19(25)9-12-22(27)24-15-13-23(14-16-24)18-5-3-2-4-6-18/h2-7,11H,8-10,12-16H2,1H3. The highest BCUT2D eigenvalue weighted by atomic mass is 32.1. The van der Waals surface area contributed by atoms with Crippen LogP contribution in [0.15, 0.2) is 42.5 Å². The molecule has 2 aromatic rings. The first-order valence-corrected chi connectivity index (χ1v) is 10.5. The van der Waals surface area contributed by atoms with E-state index in [-0.39, 0.29) is 43.2 Å². The second-order valence-corrected chi connectivity index (χ2v) is 8.36. The van der Waals surface area contributed by atoms with Gasteiger partial charge in [0.25, 0.3) is 0 Å². The van der Waals surface area contributed by atoms with Crippen LogP contribution in [0.5, 0.6) is 0 Å². The number of carbonyl (C=O) groups is 3. The summed E-state index contributed by atoms with van der Waals surface area (Å²) in [4.78, 5) is 42.5. The number of piperazine rings is 1. The Morgan fingerprint density at radius 2 is 1.54 bits per heavy atom. The van der Waals surface area contributed by atoms with Crippen LogP contribution in [0, 0.1) is 6.92 Å². The third kappa shape index (κ3) is 5.52. The van der Waals surface area contributed by atoms with Gasteiger partial charge in [-0.05, 0) is 31.2 Å². The third-order valence-electron chi connectivity index (χ3n) is 5.02. The van der Waals surface area contributed by atoms with Crippen LogP contribution in [0.2, 0.25) is 0 Å². The fourth-order valence-electron chi connectivity index (χ4n) is 3.34. The molecule has 1 amide bonds. The molecule has 0 aliphatic carbocycles. The predicted molar refractivity (Wildman–Crippen MR) is 112 cm³/mol. The topological polar surface area (TPSA) is 57.7 Å². The summed E-state index contributed by atoms with van der Waals surface area (Å²) in [5.74, 6) is 0.0222. The number of ketones is 2. The Labute approximate surface area is 170 Å². The molecule has 0 spiro atoms. The van der Waals surface area contributed by atoms with E-state index >= 15 is 0 Å². The van der Waals surface area contributed by atoms with Gasteiger partial charge in [-0.1, -0.05) is 18.2 Å². The van der Waals surface area contributed by atoms with E-state index in [2.05, 4.69) is 17.0 Å². The summed E-state index contributed by atoms with van der Waals surface area (Å²) in [6, 6.07) is 13.9. The van der Waals surface area contributed by atoms with Gasteiger partial charge in [0, 0.05) is 62.4 Å². The van der Waals surface area contributed by atoms with Crippen LogP contribution < -0.4 is 4.90 Å². The highest BCUT2D eigenvalue weighted by Crippen LogP contribution is 2.18. The lowest BCUT2D eigenvalue weighted by molar-refractivity contribution is -0.133. The van der Waals surface area contributed by atoms with Crippen molar-refractivity contribution in [2.75, 3.05) is 31.1 Å². The van der Waals surface area contributed by atoms with Crippen molar-refractivity contribution in [2.45, 2.75) is 32.6 Å². The molecule has 1 fully saturated rings. The number of Topliss-reactive ketones (excluding diaryl/α,β-unsaturated/α-hetero) is 2. The number of benzene rings is 1. The summed E-state index contributed by atoms with van der Waals surface area (Å²) in [6.45, 7) is 4.92. The van der Waals surface area contributed by atoms with Crippen molar-refractivity contribution >= 4 is 34.5 Å². The molecular weight excluding hydrogens is 372 g/mol. The number of anilines is 1. The molecule has 0 N–H and O–H groups in total. The molecule has 5 nitrogen and oxygen atoms in total. The summed E-state index contributed by atoms with van der Waals surface area (Å²) in [5.41, 5.74) is 1.18. The molecule has 0 radical (unpaired) electrons. The maximum absolute atomic E-state index is 12.4. The number of aryl methyl sites for hydroxylation is 1. The van der Waals surface area contributed by atoms with Crippen LogP contribution >= 0.6 is 11.3 Å². The van der Waals surface area contributed by atoms with Crippen molar-refractivity contribution in [1.29, 1.82) is 0 Å². The first kappa shape index (κ1) is 20.3. The molecule has 148 valence electrons. The Hall–Kier alpha value is -2.47. The second kappa shape index (κ2) is 9.64. The van der Waals surface area contributed by atoms with E-state index in [9.17, 15) is 14.4 Å². The van der Waals surface area contributed by atoms with Gasteiger partial charge in [-0.2, -0.15) is 0 Å². The first-order chi connectivity index (χ1) is 13.5. The maximum atomic E-state index is 12.4. The molecule has 2 heterocycles. The molecule has 3 rings (SSSR count). The van der Waals surface area contributed by atoms with Crippen LogP contribution in [0.4, 0.5) is 5.69 Å². The highest BCUT2D eigenvalue weighted by molar-refractivity contribution is 7.14. The zero-order valence-corrected chi connectivity index (χ0v) is 17.0. The molecule has 1 aliphatic rings. The van der Waals surface area contributed by atoms with Crippen molar-refractivity contribution in [1.82, 2.24) is 4.90 Å². The van der Waals surface area contributed by atoms with Gasteiger partial charge in [-0.15, -0.1) is 11.3 Å². The van der Waals surface area contributed by atoms with Gasteiger partial charge in [-0.3, -0.25) is 14.4 Å². The van der Waals surface area contributed by atoms with E-state index in [1.165, 1.54) is 17.0 Å². The number of amides is 1. The van der Waals surface area contributed by atoms with Crippen molar-refractivity contribution in [3.05, 3.63) is 52.2 Å². The molecule has 28 heavy (non-hydrogen) atoms. The van der Waals surface area contributed by atoms with E-state index in [0.29, 0.717) is 18.0 Å². The molecule has 1 aliphatic heterocycles. The fourth-order valence-corrected chi connectivity index (χ4v) is 4.18. The first-order valence-electron chi connectivity index (χ1n) is 9.72. The molecule has 1 aromatic heterocycles. The van der Waals surface area contributed by atoms with Gasteiger partial charge in [0.05, 0.1) is 4.88 Å². The molecule has 0 atom stereocenters. The summed E-state index contributed by atoms with van der Waals surface area (Å²) in [5, 5.41) is 0. The lowest BCUT2D eigenvalue weighted by Crippen LogP contribution is -2.48. The van der Waals surface area contributed by atoms with E-state index in [0.717, 1.165) is 18.0 Å². The van der Waals surface area contributed by atoms with Gasteiger partial charge in [0.2, 0.25) is 5.91 Å². The van der Waals surface area contributed by atoms with Crippen LogP contribution in [0.1, 0.15) is 40.2 Å². The van der Waals surface area contributed by atoms with Gasteiger partial charge in [0.15, 0.2) is 5.78 Å². The number of nitrogens with zero attached hydrogens (tertiary/aromatic N) is 2. The second-order valence-electron chi connectivity index (χ2n) is 7.08. The van der Waals surface area contributed by atoms with Gasteiger partial charge in [0.1, 0.15) is 5.78 Å². The zero-order chi connectivity index (χ0) is 19.9. The quantitative estimate of drug-likeness (QED) is 0.636. The summed E-state index contributed by atoms with van der Waals surface area (Å²) < 4.78 is 0. The van der Waals surface area contributed by atoms with E-state index in [4.69, 9.17) is 0 Å². The Kier molecular flexibility index (Phi) is 6.98. The zero-order valence-electron chi connectivity index (χ0n) is 16.2. The number of hydrogen-bond donors (Lipinski definition) is 0. The normalized spacial score (nSPS) is 14.2. The van der Waals surface area contributed by atoms with Gasteiger partial charge >= 0.3 is 0 Å². The minimum Gasteiger partial charge on any atom is -0.368 e. The van der Waals surface area contributed by atoms with E-state index in [1.54, 1.807) is 0 Å². The monoisotopic (exact) mass is 398 g/mol. The molecule has 0 bridgehead atoms. The van der Waals surface area contributed by atoms with Crippen LogP contribution in [-0.2, 0) is 9.59 Å². The third-order valence-corrected chi connectivity index (χ3v) is 6.06. The van der Waals surface area contributed by atoms with Crippen LogP contribution in [0.25, 0.3) is 0 Å². The highest BCUT2D eigenvalue weighted by Gasteiger charge is 2.21. The Morgan fingerprint density at radius 1 is 0.857 bits per heavy atom. The molecule has 0 saturated carbocycles. The molecular formula is C22H26N2O3S. The SMILES string of the molecule is Cc1ccc(C(=O)CCC(=O)CCC(=O)N2CCN(c3ccccc3)CC2)s1. The number of para-hydroxylation sites is 1. The Balaban J connectivity index is 1.36. The smallest absolute Gasteiger partial charge is 0.223 e. The van der Waals surface area contributed by atoms with Crippen molar-refractivity contribution in [3.8, 4) is 0 Å². The lowest BCUT2D eigenvalue weighted by atomic mass is 10.1. The largest absolute Gasteiger partial charge is 0.368 e. The number of thiophene rings is 1. The average molecular weight is 399 g/mol. The van der Waals surface area contributed by atoms with Gasteiger partial charge < -0.3 is 9.80 Å². The average Bonchev–Trinajstić information content (AvgIpc) is 3.17. The molecule has 0 unspecified atom stereocenters. The molecule has 6 heteroatoms. The Bertz CT molecular complexity index is 823. The van der Waals surface area contributed by atoms with E-state index in [1.807, 2.05) is 42.2 Å². The lowest BCUT2D eigenvalue weighted by Gasteiger charge is -2.36. The van der Waals surface area contributed by atoms with Crippen molar-refractivity contribution in [3.63, 3.8) is 0 Å². The molecule has 1 saturated heterocycles. The van der Waals surface area contributed by atoms with E-state index < -0.39 is 0 Å². The van der Waals surface area contributed by atoms with Crippen molar-refractivity contribution < 1.29 is 14.4 Å². The summed E-state index contributed by atoms with van der Waals surface area (Å²) in [6.07, 6.45) is 0.887. The minimum absolute atomic E-state index is 0.00908. The number of hydrogen-bond acceptors (Lipinski definition) is 5. The van der Waals surface area contributed by atoms with Crippen molar-refractivity contribution in [2.24, 2.45) is 0 Å². The maximum Gasteiger partial charge on any atom is 0.223 e. The number of carbonyl (C=O) groups excluding carboxylic acids is 3. The van der Waals surface area contributed by atoms with Gasteiger partial charge in [-0.25, -0.2) is 0 Å². The van der Waals surface area contributed by atoms with Crippen LogP contribution in [-0.4, -0.2) is 48.6 Å². The summed E-state index contributed by atoms with van der Waals surface area (Å²) in [7, 11) is 0. The van der Waals surface area contributed by atoms with Crippen LogP contribution in [0.3, 0.4) is 0 Å². The Morgan fingerprint density at radius 3 is 2.18 bits per heavy atom. The number of rotatable bonds is 8. The fraction of sp³-hybridized carbons (Fsp3) is 0.409. The molecule has 1 aromatic carbocycles. The summed E-state index contributed by atoms with van der Waals surface area (Å²) >= 11 is 1.46. The predicted octanol–water partition coefficient (Wildman–Crippen LogP) is 3.72.